The molecule has 1 heterocycles. The number of hydrogen-bond donors (Lipinski definition) is 1. The standard InChI is InChI=1S/C16H31N3/c1-13(2)11-17-12-14-3-6-16(14)19-9-7-18(8-10-19)15-4-5-15/h13-17H,3-12H2,1-2H3. The van der Waals surface area contributed by atoms with Crippen molar-refractivity contribution in [3.8, 4) is 0 Å². The summed E-state index contributed by atoms with van der Waals surface area (Å²) >= 11 is 0. The first kappa shape index (κ1) is 13.8. The molecule has 3 rings (SSSR count). The molecule has 0 bridgehead atoms. The third kappa shape index (κ3) is 3.50. The van der Waals surface area contributed by atoms with Crippen LogP contribution in [0, 0.1) is 11.8 Å². The predicted octanol–water partition coefficient (Wildman–Crippen LogP) is 1.79. The fourth-order valence-corrected chi connectivity index (χ4v) is 3.70. The minimum absolute atomic E-state index is 0.778. The second-order valence-electron chi connectivity index (χ2n) is 7.26. The molecule has 0 aromatic heterocycles. The van der Waals surface area contributed by atoms with Crippen LogP contribution in [-0.2, 0) is 0 Å². The molecule has 0 spiro atoms. The first-order chi connectivity index (χ1) is 9.24. The number of rotatable bonds is 6. The summed E-state index contributed by atoms with van der Waals surface area (Å²) in [5.41, 5.74) is 0. The van der Waals surface area contributed by atoms with Gasteiger partial charge in [-0.25, -0.2) is 0 Å². The molecule has 2 saturated carbocycles. The van der Waals surface area contributed by atoms with Crippen LogP contribution in [-0.4, -0.2) is 61.2 Å². The summed E-state index contributed by atoms with van der Waals surface area (Å²) < 4.78 is 0. The van der Waals surface area contributed by atoms with Gasteiger partial charge in [-0.2, -0.15) is 0 Å². The van der Waals surface area contributed by atoms with Crippen molar-refractivity contribution in [1.82, 2.24) is 15.1 Å². The van der Waals surface area contributed by atoms with E-state index in [-0.39, 0.29) is 0 Å². The van der Waals surface area contributed by atoms with Crippen molar-refractivity contribution in [3.05, 3.63) is 0 Å². The van der Waals surface area contributed by atoms with Crippen molar-refractivity contribution in [1.29, 1.82) is 0 Å². The first-order valence-electron chi connectivity index (χ1n) is 8.43. The van der Waals surface area contributed by atoms with E-state index in [2.05, 4.69) is 29.0 Å². The summed E-state index contributed by atoms with van der Waals surface area (Å²) in [5, 5.41) is 3.66. The molecule has 2 atom stereocenters. The molecule has 1 N–H and O–H groups in total. The largest absolute Gasteiger partial charge is 0.316 e. The molecule has 19 heavy (non-hydrogen) atoms. The van der Waals surface area contributed by atoms with Crippen LogP contribution >= 0.6 is 0 Å². The maximum Gasteiger partial charge on any atom is 0.0137 e. The summed E-state index contributed by atoms with van der Waals surface area (Å²) in [7, 11) is 0. The van der Waals surface area contributed by atoms with Gasteiger partial charge in [0, 0.05) is 38.3 Å². The van der Waals surface area contributed by atoms with Crippen LogP contribution in [0.2, 0.25) is 0 Å². The smallest absolute Gasteiger partial charge is 0.0137 e. The van der Waals surface area contributed by atoms with Crippen LogP contribution < -0.4 is 5.32 Å². The highest BCUT2D eigenvalue weighted by atomic mass is 15.3. The van der Waals surface area contributed by atoms with Gasteiger partial charge in [-0.15, -0.1) is 0 Å². The zero-order valence-electron chi connectivity index (χ0n) is 12.8. The zero-order chi connectivity index (χ0) is 13.2. The van der Waals surface area contributed by atoms with E-state index in [9.17, 15) is 0 Å². The van der Waals surface area contributed by atoms with Gasteiger partial charge in [-0.3, -0.25) is 9.80 Å². The van der Waals surface area contributed by atoms with Gasteiger partial charge in [0.1, 0.15) is 0 Å². The Hall–Kier alpha value is -0.120. The van der Waals surface area contributed by atoms with E-state index in [1.807, 2.05) is 0 Å². The number of nitrogens with one attached hydrogen (secondary N) is 1. The summed E-state index contributed by atoms with van der Waals surface area (Å²) in [6, 6.07) is 1.85. The topological polar surface area (TPSA) is 18.5 Å². The Morgan fingerprint density at radius 3 is 2.16 bits per heavy atom. The first-order valence-corrected chi connectivity index (χ1v) is 8.43. The predicted molar refractivity (Wildman–Crippen MR) is 80.4 cm³/mol. The van der Waals surface area contributed by atoms with E-state index >= 15 is 0 Å². The lowest BCUT2D eigenvalue weighted by Crippen LogP contribution is -2.57. The second kappa shape index (κ2) is 6.11. The Kier molecular flexibility index (Phi) is 4.45. The van der Waals surface area contributed by atoms with Crippen molar-refractivity contribution >= 4 is 0 Å². The number of piperazine rings is 1. The Morgan fingerprint density at radius 1 is 0.947 bits per heavy atom. The fourth-order valence-electron chi connectivity index (χ4n) is 3.70. The molecule has 0 amide bonds. The molecule has 3 heteroatoms. The molecule has 3 fully saturated rings. The van der Waals surface area contributed by atoms with Gasteiger partial charge in [0.05, 0.1) is 0 Å². The quantitative estimate of drug-likeness (QED) is 0.790. The highest BCUT2D eigenvalue weighted by Crippen LogP contribution is 2.34. The molecule has 3 aliphatic rings. The van der Waals surface area contributed by atoms with E-state index in [1.165, 1.54) is 65.0 Å². The summed E-state index contributed by atoms with van der Waals surface area (Å²) in [6.07, 6.45) is 5.81. The van der Waals surface area contributed by atoms with Crippen molar-refractivity contribution in [2.75, 3.05) is 39.3 Å². The highest BCUT2D eigenvalue weighted by molar-refractivity contribution is 4.94. The van der Waals surface area contributed by atoms with E-state index in [0.717, 1.165) is 23.9 Å². The van der Waals surface area contributed by atoms with Crippen molar-refractivity contribution < 1.29 is 0 Å². The van der Waals surface area contributed by atoms with E-state index in [0.29, 0.717) is 0 Å². The summed E-state index contributed by atoms with van der Waals surface area (Å²) in [6.45, 7) is 12.3. The monoisotopic (exact) mass is 265 g/mol. The van der Waals surface area contributed by atoms with Crippen molar-refractivity contribution in [2.24, 2.45) is 11.8 Å². The minimum Gasteiger partial charge on any atom is -0.316 e. The van der Waals surface area contributed by atoms with E-state index in [1.54, 1.807) is 0 Å². The fraction of sp³-hybridized carbons (Fsp3) is 1.00. The molecular formula is C16H31N3. The van der Waals surface area contributed by atoms with Crippen LogP contribution in [0.5, 0.6) is 0 Å². The molecule has 1 saturated heterocycles. The maximum absolute atomic E-state index is 3.66. The SMILES string of the molecule is CC(C)CNCC1CCC1N1CCN(C2CC2)CC1. The van der Waals surface area contributed by atoms with Gasteiger partial charge < -0.3 is 5.32 Å². The molecule has 0 radical (unpaired) electrons. The lowest BCUT2D eigenvalue weighted by atomic mass is 9.78. The van der Waals surface area contributed by atoms with Crippen LogP contribution in [0.3, 0.4) is 0 Å². The Bertz CT molecular complexity index is 280. The van der Waals surface area contributed by atoms with E-state index in [4.69, 9.17) is 0 Å². The van der Waals surface area contributed by atoms with Crippen LogP contribution in [0.4, 0.5) is 0 Å². The molecule has 3 nitrogen and oxygen atoms in total. The number of hydrogen-bond acceptors (Lipinski definition) is 3. The van der Waals surface area contributed by atoms with Crippen molar-refractivity contribution in [3.63, 3.8) is 0 Å². The third-order valence-electron chi connectivity index (χ3n) is 5.22. The molecule has 2 aliphatic carbocycles. The maximum atomic E-state index is 3.66. The van der Waals surface area contributed by atoms with Gasteiger partial charge in [0.2, 0.25) is 0 Å². The molecule has 1 aliphatic heterocycles. The highest BCUT2D eigenvalue weighted by Gasteiger charge is 2.38. The van der Waals surface area contributed by atoms with Gasteiger partial charge in [0.15, 0.2) is 0 Å². The van der Waals surface area contributed by atoms with Crippen LogP contribution in [0.15, 0.2) is 0 Å². The normalized spacial score (nSPS) is 33.6. The molecular weight excluding hydrogens is 234 g/mol. The van der Waals surface area contributed by atoms with E-state index < -0.39 is 0 Å². The Labute approximate surface area is 118 Å². The molecule has 0 aromatic rings. The lowest BCUT2D eigenvalue weighted by Gasteiger charge is -2.48. The van der Waals surface area contributed by atoms with Gasteiger partial charge >= 0.3 is 0 Å². The molecule has 0 aromatic carbocycles. The van der Waals surface area contributed by atoms with Gasteiger partial charge in [0.25, 0.3) is 0 Å². The zero-order valence-corrected chi connectivity index (χ0v) is 12.8. The minimum atomic E-state index is 0.778. The average Bonchev–Trinajstić information content (AvgIpc) is 3.18. The Morgan fingerprint density at radius 2 is 1.63 bits per heavy atom. The Balaban J connectivity index is 1.37. The van der Waals surface area contributed by atoms with Crippen LogP contribution in [0.1, 0.15) is 39.5 Å². The molecule has 110 valence electrons. The van der Waals surface area contributed by atoms with Gasteiger partial charge in [-0.05, 0) is 50.6 Å². The summed E-state index contributed by atoms with van der Waals surface area (Å²) in [5.74, 6) is 1.70. The second-order valence-corrected chi connectivity index (χ2v) is 7.26. The van der Waals surface area contributed by atoms with Gasteiger partial charge in [-0.1, -0.05) is 13.8 Å². The summed E-state index contributed by atoms with van der Waals surface area (Å²) in [4.78, 5) is 5.51. The van der Waals surface area contributed by atoms with Crippen LogP contribution in [0.25, 0.3) is 0 Å². The molecule has 2 unspecified atom stereocenters. The number of nitrogens with zero attached hydrogens (tertiary/aromatic N) is 2. The third-order valence-corrected chi connectivity index (χ3v) is 5.22. The average molecular weight is 265 g/mol. The lowest BCUT2D eigenvalue weighted by molar-refractivity contribution is 0.0188. The van der Waals surface area contributed by atoms with Crippen molar-refractivity contribution in [2.45, 2.75) is 51.6 Å².